The fraction of sp³-hybridized carbons (Fsp3) is 0.467. The molecule has 3 heteroatoms. The van der Waals surface area contributed by atoms with Gasteiger partial charge in [0.1, 0.15) is 16.5 Å². The molecule has 0 saturated heterocycles. The molecule has 0 fully saturated rings. The van der Waals surface area contributed by atoms with Crippen molar-refractivity contribution in [3.05, 3.63) is 42.0 Å². The third-order valence-corrected chi connectivity index (χ3v) is 10.8. The zero-order valence-electron chi connectivity index (χ0n) is 12.7. The summed E-state index contributed by atoms with van der Waals surface area (Å²) in [7, 11) is -2.56. The first kappa shape index (κ1) is 15.4. The van der Waals surface area contributed by atoms with E-state index in [9.17, 15) is 0 Å². The van der Waals surface area contributed by atoms with Crippen molar-refractivity contribution in [2.45, 2.75) is 45.8 Å². The highest BCUT2D eigenvalue weighted by atomic mass is 28.4. The summed E-state index contributed by atoms with van der Waals surface area (Å²) in [5, 5.41) is 0. The summed E-state index contributed by atoms with van der Waals surface area (Å²) < 4.78 is 2.81. The number of rotatable bonds is 5. The SMILES string of the molecule is C=Cc1ccccc1CN([Si](C)(C)C)[Si](C)(C)C. The van der Waals surface area contributed by atoms with E-state index in [4.69, 9.17) is 0 Å². The normalized spacial score (nSPS) is 12.8. The van der Waals surface area contributed by atoms with Crippen LogP contribution in [0, 0.1) is 0 Å². The van der Waals surface area contributed by atoms with Crippen LogP contribution in [0.2, 0.25) is 39.3 Å². The van der Waals surface area contributed by atoms with Gasteiger partial charge in [-0.15, -0.1) is 0 Å². The van der Waals surface area contributed by atoms with Crippen LogP contribution in [0.25, 0.3) is 6.08 Å². The van der Waals surface area contributed by atoms with Gasteiger partial charge >= 0.3 is 0 Å². The molecule has 0 aliphatic rings. The van der Waals surface area contributed by atoms with E-state index < -0.39 is 16.5 Å². The molecule has 1 nitrogen and oxygen atoms in total. The lowest BCUT2D eigenvalue weighted by Crippen LogP contribution is -2.58. The maximum atomic E-state index is 3.93. The van der Waals surface area contributed by atoms with Gasteiger partial charge in [-0.05, 0) is 11.1 Å². The molecule has 1 aromatic carbocycles. The maximum Gasteiger partial charge on any atom is 0.112 e. The second-order valence-electron chi connectivity index (χ2n) is 6.83. The molecular weight excluding hydrogens is 250 g/mol. The van der Waals surface area contributed by atoms with Crippen molar-refractivity contribution in [1.82, 2.24) is 4.23 Å². The molecule has 0 saturated carbocycles. The highest BCUT2D eigenvalue weighted by molar-refractivity contribution is 6.89. The molecular formula is C15H27NSi2. The summed E-state index contributed by atoms with van der Waals surface area (Å²) in [6.45, 7) is 19.7. The van der Waals surface area contributed by atoms with E-state index in [0.717, 1.165) is 6.54 Å². The van der Waals surface area contributed by atoms with Crippen molar-refractivity contribution in [2.75, 3.05) is 0 Å². The Morgan fingerprint density at radius 2 is 1.50 bits per heavy atom. The highest BCUT2D eigenvalue weighted by Crippen LogP contribution is 2.24. The third-order valence-electron chi connectivity index (χ3n) is 3.22. The van der Waals surface area contributed by atoms with Gasteiger partial charge in [0.2, 0.25) is 0 Å². The van der Waals surface area contributed by atoms with Gasteiger partial charge < -0.3 is 4.23 Å². The van der Waals surface area contributed by atoms with Crippen LogP contribution in [0.5, 0.6) is 0 Å². The van der Waals surface area contributed by atoms with Crippen molar-refractivity contribution in [3.8, 4) is 0 Å². The average molecular weight is 278 g/mol. The Labute approximate surface area is 115 Å². The molecule has 1 rings (SSSR count). The van der Waals surface area contributed by atoms with Crippen LogP contribution in [0.1, 0.15) is 11.1 Å². The van der Waals surface area contributed by atoms with Crippen LogP contribution < -0.4 is 0 Å². The monoisotopic (exact) mass is 277 g/mol. The summed E-state index contributed by atoms with van der Waals surface area (Å²) >= 11 is 0. The minimum atomic E-state index is -1.28. The Hall–Kier alpha value is -0.646. The molecule has 0 bridgehead atoms. The molecule has 0 spiro atoms. The summed E-state index contributed by atoms with van der Waals surface area (Å²) in [6.07, 6.45) is 1.97. The molecule has 0 N–H and O–H groups in total. The fourth-order valence-electron chi connectivity index (χ4n) is 2.53. The quantitative estimate of drug-likeness (QED) is 0.699. The largest absolute Gasteiger partial charge is 0.342 e. The van der Waals surface area contributed by atoms with E-state index in [1.165, 1.54) is 11.1 Å². The minimum Gasteiger partial charge on any atom is -0.342 e. The molecule has 1 aromatic rings. The van der Waals surface area contributed by atoms with Gasteiger partial charge in [0.25, 0.3) is 0 Å². The topological polar surface area (TPSA) is 3.24 Å². The molecule has 0 aliphatic carbocycles. The van der Waals surface area contributed by atoms with E-state index in [1.807, 2.05) is 6.08 Å². The first-order valence-corrected chi connectivity index (χ1v) is 13.5. The van der Waals surface area contributed by atoms with E-state index in [0.29, 0.717) is 0 Å². The summed E-state index contributed by atoms with van der Waals surface area (Å²) in [4.78, 5) is 0. The van der Waals surface area contributed by atoms with E-state index in [1.54, 1.807) is 0 Å². The van der Waals surface area contributed by atoms with E-state index in [2.05, 4.69) is 74.4 Å². The van der Waals surface area contributed by atoms with Gasteiger partial charge in [0.05, 0.1) is 0 Å². The lowest BCUT2D eigenvalue weighted by atomic mass is 10.1. The predicted octanol–water partition coefficient (Wildman–Crippen LogP) is 4.80. The molecule has 0 heterocycles. The van der Waals surface area contributed by atoms with Gasteiger partial charge in [-0.25, -0.2) is 0 Å². The average Bonchev–Trinajstić information content (AvgIpc) is 2.23. The molecule has 0 unspecified atom stereocenters. The highest BCUT2D eigenvalue weighted by Gasteiger charge is 2.34. The smallest absolute Gasteiger partial charge is 0.112 e. The van der Waals surface area contributed by atoms with Crippen molar-refractivity contribution in [1.29, 1.82) is 0 Å². The lowest BCUT2D eigenvalue weighted by molar-refractivity contribution is 0.611. The maximum absolute atomic E-state index is 3.93. The first-order valence-electron chi connectivity index (χ1n) is 6.64. The number of benzene rings is 1. The second-order valence-corrected chi connectivity index (χ2v) is 17.0. The predicted molar refractivity (Wildman–Crippen MR) is 88.8 cm³/mol. The van der Waals surface area contributed by atoms with Crippen LogP contribution in [-0.2, 0) is 6.54 Å². The van der Waals surface area contributed by atoms with Crippen LogP contribution in [0.3, 0.4) is 0 Å². The molecule has 0 aromatic heterocycles. The Bertz CT molecular complexity index is 399. The summed E-state index contributed by atoms with van der Waals surface area (Å²) in [5.74, 6) is 0. The minimum absolute atomic E-state index is 1.08. The van der Waals surface area contributed by atoms with Crippen molar-refractivity contribution in [3.63, 3.8) is 0 Å². The molecule has 0 radical (unpaired) electrons. The van der Waals surface area contributed by atoms with Gasteiger partial charge in [0, 0.05) is 6.54 Å². The van der Waals surface area contributed by atoms with Crippen molar-refractivity contribution >= 4 is 22.5 Å². The Balaban J connectivity index is 3.08. The fourth-order valence-corrected chi connectivity index (χ4v) is 11.9. The van der Waals surface area contributed by atoms with E-state index >= 15 is 0 Å². The molecule has 100 valence electrons. The first-order chi connectivity index (χ1) is 8.16. The molecule has 0 atom stereocenters. The van der Waals surface area contributed by atoms with Gasteiger partial charge in [-0.1, -0.05) is 76.2 Å². The second kappa shape index (κ2) is 5.55. The standard InChI is InChI=1S/C15H27NSi2/c1-8-14-11-9-10-12-15(14)13-16(17(2,3)4)18(5,6)7/h8-12H,1,13H2,2-7H3. The third kappa shape index (κ3) is 3.93. The van der Waals surface area contributed by atoms with Gasteiger partial charge in [-0.3, -0.25) is 0 Å². The summed E-state index contributed by atoms with van der Waals surface area (Å²) in [5.41, 5.74) is 2.69. The van der Waals surface area contributed by atoms with Gasteiger partial charge in [-0.2, -0.15) is 0 Å². The lowest BCUT2D eigenvalue weighted by Gasteiger charge is -2.43. The Kier molecular flexibility index (Phi) is 4.75. The number of nitrogens with zero attached hydrogens (tertiary/aromatic N) is 1. The van der Waals surface area contributed by atoms with Crippen molar-refractivity contribution < 1.29 is 0 Å². The molecule has 0 aliphatic heterocycles. The van der Waals surface area contributed by atoms with Crippen LogP contribution in [0.4, 0.5) is 0 Å². The zero-order valence-corrected chi connectivity index (χ0v) is 14.7. The van der Waals surface area contributed by atoms with Crippen LogP contribution in [0.15, 0.2) is 30.8 Å². The molecule has 18 heavy (non-hydrogen) atoms. The molecule has 0 amide bonds. The summed E-state index contributed by atoms with van der Waals surface area (Å²) in [6, 6.07) is 8.63. The van der Waals surface area contributed by atoms with Gasteiger partial charge in [0.15, 0.2) is 0 Å². The zero-order chi connectivity index (χ0) is 14.0. The Morgan fingerprint density at radius 3 is 1.94 bits per heavy atom. The Morgan fingerprint density at radius 1 is 1.00 bits per heavy atom. The number of hydrogen-bond donors (Lipinski definition) is 0. The number of hydrogen-bond acceptors (Lipinski definition) is 1. The van der Waals surface area contributed by atoms with E-state index in [-0.39, 0.29) is 0 Å². The van der Waals surface area contributed by atoms with Crippen LogP contribution in [-0.4, -0.2) is 20.7 Å². The van der Waals surface area contributed by atoms with Crippen LogP contribution >= 0.6 is 0 Å². The van der Waals surface area contributed by atoms with Crippen molar-refractivity contribution in [2.24, 2.45) is 0 Å².